The van der Waals surface area contributed by atoms with Crippen LogP contribution in [0.5, 0.6) is 0 Å². The highest BCUT2D eigenvalue weighted by atomic mass is 19.4. The number of benzene rings is 1. The van der Waals surface area contributed by atoms with Crippen molar-refractivity contribution in [3.8, 4) is 22.7 Å². The van der Waals surface area contributed by atoms with Gasteiger partial charge in [0, 0.05) is 17.3 Å². The zero-order chi connectivity index (χ0) is 28.9. The molecule has 0 unspecified atom stereocenters. The maximum Gasteiger partial charge on any atom is 0.430 e. The van der Waals surface area contributed by atoms with E-state index in [-0.39, 0.29) is 19.7 Å². The Hall–Kier alpha value is -4.53. The monoisotopic (exact) mass is 554 g/mol. The molecule has 15 heteroatoms. The summed E-state index contributed by atoms with van der Waals surface area (Å²) in [6.45, 7) is 3.74. The van der Waals surface area contributed by atoms with E-state index < -0.39 is 36.1 Å². The fourth-order valence-corrected chi connectivity index (χ4v) is 3.25. The van der Waals surface area contributed by atoms with Crippen molar-refractivity contribution in [3.63, 3.8) is 0 Å². The number of rotatable bonds is 6. The number of oxazole rings is 1. The fourth-order valence-electron chi connectivity index (χ4n) is 3.25. The van der Waals surface area contributed by atoms with Gasteiger partial charge in [0.15, 0.2) is 12.6 Å². The number of nitrogens with zero attached hydrogens (tertiary/aromatic N) is 3. The number of anilines is 1. The van der Waals surface area contributed by atoms with E-state index in [1.54, 1.807) is 30.5 Å². The van der Waals surface area contributed by atoms with E-state index in [1.165, 1.54) is 11.0 Å². The van der Waals surface area contributed by atoms with Crippen molar-refractivity contribution in [1.29, 1.82) is 0 Å². The van der Waals surface area contributed by atoms with E-state index in [9.17, 15) is 27.2 Å². The van der Waals surface area contributed by atoms with Gasteiger partial charge in [-0.1, -0.05) is 6.07 Å². The maximum absolute atomic E-state index is 14.9. The van der Waals surface area contributed by atoms with E-state index in [2.05, 4.69) is 15.7 Å². The number of hydrogen-bond acceptors (Lipinski definition) is 9. The van der Waals surface area contributed by atoms with E-state index in [0.717, 1.165) is 11.5 Å². The predicted molar refractivity (Wildman–Crippen MR) is 122 cm³/mol. The number of carbonyl (C=O) groups excluding carboxylic acids is 3. The maximum atomic E-state index is 14.9. The third kappa shape index (κ3) is 7.28. The lowest BCUT2D eigenvalue weighted by Crippen LogP contribution is -2.54. The van der Waals surface area contributed by atoms with Crippen molar-refractivity contribution in [1.82, 2.24) is 9.97 Å². The molecular formula is C24H22F4N4O7. The first-order valence-electron chi connectivity index (χ1n) is 11.2. The minimum atomic E-state index is -5.19. The minimum Gasteiger partial charge on any atom is -0.542 e. The molecule has 3 N–H and O–H groups in total. The number of carboxylic acids is 1. The van der Waals surface area contributed by atoms with Gasteiger partial charge in [0.05, 0.1) is 17.9 Å². The Labute approximate surface area is 218 Å². The van der Waals surface area contributed by atoms with Crippen LogP contribution in [0, 0.1) is 19.7 Å². The van der Waals surface area contributed by atoms with E-state index in [1.807, 2.05) is 13.8 Å². The van der Waals surface area contributed by atoms with Gasteiger partial charge in [-0.15, -0.1) is 0 Å². The molecule has 0 spiro atoms. The number of esters is 1. The van der Waals surface area contributed by atoms with Gasteiger partial charge in [0.2, 0.25) is 5.89 Å². The van der Waals surface area contributed by atoms with Crippen LogP contribution in [0.25, 0.3) is 22.7 Å². The average Bonchev–Trinajstić information content (AvgIpc) is 3.43. The molecule has 2 aromatic heterocycles. The summed E-state index contributed by atoms with van der Waals surface area (Å²) in [6.07, 6.45) is -4.91. The second-order valence-corrected chi connectivity index (χ2v) is 8.09. The predicted octanol–water partition coefficient (Wildman–Crippen LogP) is 1.57. The molecule has 0 bridgehead atoms. The number of alkyl halides is 3. The van der Waals surface area contributed by atoms with Crippen LogP contribution in [0.15, 0.2) is 40.9 Å². The third-order valence-corrected chi connectivity index (χ3v) is 5.33. The number of carboxylic acid groups (broad SMARTS) is 1. The summed E-state index contributed by atoms with van der Waals surface area (Å²) < 4.78 is 62.1. The van der Waals surface area contributed by atoms with Crippen LogP contribution in [-0.4, -0.2) is 60.0 Å². The molecule has 3 aromatic rings. The molecule has 0 radical (unpaired) electrons. The number of halogens is 4. The average molecular weight is 554 g/mol. The van der Waals surface area contributed by atoms with Crippen LogP contribution in [-0.2, 0) is 19.1 Å². The molecule has 1 atom stereocenters. The molecule has 0 saturated carbocycles. The van der Waals surface area contributed by atoms with Gasteiger partial charge in [0.1, 0.15) is 29.8 Å². The number of cyclic esters (lactones) is 1. The lowest BCUT2D eigenvalue weighted by molar-refractivity contribution is -0.359. The molecule has 1 fully saturated rings. The number of aliphatic carboxylic acids is 1. The number of hydrogen-bond donors (Lipinski definition) is 1. The number of aromatic nitrogens is 2. The number of amides is 1. The van der Waals surface area contributed by atoms with E-state index in [4.69, 9.17) is 23.8 Å². The van der Waals surface area contributed by atoms with Gasteiger partial charge >= 0.3 is 18.2 Å². The van der Waals surface area contributed by atoms with Crippen LogP contribution >= 0.6 is 0 Å². The Balaban J connectivity index is 0.000000532. The summed E-state index contributed by atoms with van der Waals surface area (Å²) in [4.78, 5) is 42.1. The Morgan fingerprint density at radius 2 is 1.92 bits per heavy atom. The molecule has 0 aliphatic carbocycles. The van der Waals surface area contributed by atoms with Crippen LogP contribution in [0.3, 0.4) is 0 Å². The topological polar surface area (TPSA) is 163 Å². The first-order chi connectivity index (χ1) is 18.3. The molecule has 208 valence electrons. The number of aryl methyl sites for hydroxylation is 2. The Bertz CT molecular complexity index is 1340. The van der Waals surface area contributed by atoms with Crippen molar-refractivity contribution < 1.29 is 56.7 Å². The van der Waals surface area contributed by atoms with Crippen molar-refractivity contribution in [2.45, 2.75) is 26.1 Å². The quantitative estimate of drug-likeness (QED) is 0.352. The van der Waals surface area contributed by atoms with Gasteiger partial charge < -0.3 is 29.5 Å². The summed E-state index contributed by atoms with van der Waals surface area (Å²) >= 11 is 0. The van der Waals surface area contributed by atoms with Crippen molar-refractivity contribution in [2.75, 3.05) is 24.6 Å². The largest absolute Gasteiger partial charge is 0.542 e. The highest BCUT2D eigenvalue weighted by molar-refractivity contribution is 5.90. The van der Waals surface area contributed by atoms with Crippen molar-refractivity contribution in [3.05, 3.63) is 53.8 Å². The van der Waals surface area contributed by atoms with E-state index >= 15 is 0 Å². The van der Waals surface area contributed by atoms with Gasteiger partial charge in [0.25, 0.3) is 0 Å². The Morgan fingerprint density at radius 3 is 2.44 bits per heavy atom. The standard InChI is InChI=1S/C22H21FN4O5.C2HF3O2/c1-12-13(2)31-21(26-12)19-6-3-14(9-25-19)17-5-4-15(7-18(17)23)27-10-16(32-22(27)29)11-30-20(28)8-24;3-2(4,5)1(6)7/h3-7,9,16H,8,10-11,24H2,1-2H3;(H,6,7)/t16-;/m1./s1. The number of ether oxygens (including phenoxy) is 2. The van der Waals surface area contributed by atoms with Crippen molar-refractivity contribution in [2.24, 2.45) is 0 Å². The van der Waals surface area contributed by atoms with Gasteiger partial charge in [-0.2, -0.15) is 13.2 Å². The molecule has 4 rings (SSSR count). The lowest BCUT2D eigenvalue weighted by atomic mass is 10.1. The third-order valence-electron chi connectivity index (χ3n) is 5.33. The normalized spacial score (nSPS) is 14.9. The zero-order valence-corrected chi connectivity index (χ0v) is 20.6. The highest BCUT2D eigenvalue weighted by Crippen LogP contribution is 2.30. The van der Waals surface area contributed by atoms with Crippen LogP contribution in [0.1, 0.15) is 11.5 Å². The molecule has 39 heavy (non-hydrogen) atoms. The van der Waals surface area contributed by atoms with Gasteiger partial charge in [-0.3, -0.25) is 9.88 Å². The number of pyridine rings is 1. The molecule has 3 heterocycles. The molecule has 1 aliphatic heterocycles. The summed E-state index contributed by atoms with van der Waals surface area (Å²) in [5.41, 5.74) is 6.01. The summed E-state index contributed by atoms with van der Waals surface area (Å²) in [5, 5.41) is 8.78. The Kier molecular flexibility index (Phi) is 8.85. The molecule has 1 amide bonds. The van der Waals surface area contributed by atoms with Crippen LogP contribution in [0.4, 0.5) is 28.0 Å². The first-order valence-corrected chi connectivity index (χ1v) is 11.2. The Morgan fingerprint density at radius 1 is 1.23 bits per heavy atom. The summed E-state index contributed by atoms with van der Waals surface area (Å²) in [5.74, 6) is -2.88. The summed E-state index contributed by atoms with van der Waals surface area (Å²) in [7, 11) is 0. The fraction of sp³-hybridized carbons (Fsp3) is 0.292. The minimum absolute atomic E-state index is 0.00972. The smallest absolute Gasteiger partial charge is 0.430 e. The number of carbonyl (C=O) groups is 3. The van der Waals surface area contributed by atoms with Crippen molar-refractivity contribution >= 4 is 23.7 Å². The molecule has 1 saturated heterocycles. The van der Waals surface area contributed by atoms with Gasteiger partial charge in [-0.25, -0.2) is 19.0 Å². The summed E-state index contributed by atoms with van der Waals surface area (Å²) in [6, 6.07) is 7.90. The second kappa shape index (κ2) is 11.9. The molecular weight excluding hydrogens is 532 g/mol. The molecule has 11 nitrogen and oxygen atoms in total. The second-order valence-electron chi connectivity index (χ2n) is 8.09. The van der Waals surface area contributed by atoms with Crippen LogP contribution in [0.2, 0.25) is 0 Å². The molecule has 1 aliphatic rings. The SMILES string of the molecule is Cc1nc(-c2ccc(-c3ccc(N4C[C@H](COC(=O)C[NH3+])OC4=O)cc3F)cn2)oc1C.O=C([O-])C(F)(F)F. The van der Waals surface area contributed by atoms with Crippen LogP contribution < -0.4 is 15.7 Å². The zero-order valence-electron chi connectivity index (χ0n) is 20.6. The lowest BCUT2D eigenvalue weighted by Gasteiger charge is -2.14. The molecule has 1 aromatic carbocycles. The first kappa shape index (κ1) is 29.0. The van der Waals surface area contributed by atoms with Gasteiger partial charge in [-0.05, 0) is 38.1 Å². The highest BCUT2D eigenvalue weighted by Gasteiger charge is 2.33. The number of quaternary nitrogens is 1. The van der Waals surface area contributed by atoms with E-state index in [0.29, 0.717) is 28.4 Å².